The number of rotatable bonds is 4. The number of hydrogen-bond acceptors (Lipinski definition) is 4. The Morgan fingerprint density at radius 3 is 2.40 bits per heavy atom. The van der Waals surface area contributed by atoms with Gasteiger partial charge in [-0.15, -0.1) is 11.6 Å². The van der Waals surface area contributed by atoms with E-state index in [-0.39, 0.29) is 11.0 Å². The number of ether oxygens (including phenoxy) is 2. The van der Waals surface area contributed by atoms with Crippen molar-refractivity contribution in [3.63, 3.8) is 0 Å². The molecule has 0 radical (unpaired) electrons. The van der Waals surface area contributed by atoms with Crippen LogP contribution in [0.15, 0.2) is 29.2 Å². The fraction of sp³-hybridized carbons (Fsp3) is 0.538. The highest BCUT2D eigenvalue weighted by Crippen LogP contribution is 2.34. The Labute approximate surface area is 124 Å². The first-order valence-corrected chi connectivity index (χ1v) is 8.18. The number of nitrogens with zero attached hydrogens (tertiary/aromatic N) is 1. The Morgan fingerprint density at radius 1 is 1.35 bits per heavy atom. The third-order valence-electron chi connectivity index (χ3n) is 3.27. The molecule has 1 aliphatic rings. The van der Waals surface area contributed by atoms with Crippen LogP contribution in [0.2, 0.25) is 0 Å². The van der Waals surface area contributed by atoms with Gasteiger partial charge in [0.05, 0.1) is 23.5 Å². The lowest BCUT2D eigenvalue weighted by atomic mass is 10.1. The molecular formula is C13H18ClNO4S. The number of sulfonamides is 1. The van der Waals surface area contributed by atoms with E-state index in [1.54, 1.807) is 31.2 Å². The van der Waals surface area contributed by atoms with E-state index in [1.807, 2.05) is 0 Å². The van der Waals surface area contributed by atoms with Gasteiger partial charge in [0, 0.05) is 19.7 Å². The molecule has 0 saturated carbocycles. The Hall–Kier alpha value is -0.660. The standard InChI is InChI=1S/C13H18ClNO4S/c1-13(18-9-11(8-14)19-13)10-4-6-12(7-5-10)20(16,17)15(2)3/h4-7,11H,8-9H2,1-3H3. The highest BCUT2D eigenvalue weighted by molar-refractivity contribution is 7.89. The zero-order valence-corrected chi connectivity index (χ0v) is 13.2. The van der Waals surface area contributed by atoms with Gasteiger partial charge in [-0.2, -0.15) is 0 Å². The van der Waals surface area contributed by atoms with E-state index in [0.717, 1.165) is 5.56 Å². The lowest BCUT2D eigenvalue weighted by molar-refractivity contribution is -0.159. The molecule has 0 aliphatic carbocycles. The molecule has 1 fully saturated rings. The second-order valence-corrected chi connectivity index (χ2v) is 7.42. The Morgan fingerprint density at radius 2 is 1.95 bits per heavy atom. The van der Waals surface area contributed by atoms with Crippen molar-refractivity contribution in [1.29, 1.82) is 0 Å². The molecule has 0 spiro atoms. The summed E-state index contributed by atoms with van der Waals surface area (Å²) < 4.78 is 36.5. The van der Waals surface area contributed by atoms with E-state index in [0.29, 0.717) is 12.5 Å². The number of halogens is 1. The minimum atomic E-state index is -3.42. The summed E-state index contributed by atoms with van der Waals surface area (Å²) in [5, 5.41) is 0. The SMILES string of the molecule is CN(C)S(=O)(=O)c1ccc(C2(C)OCC(CCl)O2)cc1. The molecule has 2 atom stereocenters. The van der Waals surface area contributed by atoms with Crippen molar-refractivity contribution in [2.75, 3.05) is 26.6 Å². The van der Waals surface area contributed by atoms with Crippen molar-refractivity contribution in [3.8, 4) is 0 Å². The van der Waals surface area contributed by atoms with Gasteiger partial charge in [-0.1, -0.05) is 12.1 Å². The fourth-order valence-electron chi connectivity index (χ4n) is 2.01. The summed E-state index contributed by atoms with van der Waals surface area (Å²) in [6.07, 6.45) is -0.146. The van der Waals surface area contributed by atoms with Crippen molar-refractivity contribution < 1.29 is 17.9 Å². The Bertz CT molecular complexity index is 573. The van der Waals surface area contributed by atoms with Crippen LogP contribution >= 0.6 is 11.6 Å². The molecule has 1 aromatic carbocycles. The summed E-state index contributed by atoms with van der Waals surface area (Å²) in [6.45, 7) is 2.23. The van der Waals surface area contributed by atoms with E-state index in [1.165, 1.54) is 18.4 Å². The minimum absolute atomic E-state index is 0.146. The summed E-state index contributed by atoms with van der Waals surface area (Å²) in [5.41, 5.74) is 0.767. The van der Waals surface area contributed by atoms with Crippen molar-refractivity contribution in [3.05, 3.63) is 29.8 Å². The van der Waals surface area contributed by atoms with Gasteiger partial charge >= 0.3 is 0 Å². The maximum atomic E-state index is 12.0. The normalized spacial score (nSPS) is 27.1. The van der Waals surface area contributed by atoms with E-state index in [4.69, 9.17) is 21.1 Å². The zero-order valence-electron chi connectivity index (χ0n) is 11.7. The maximum absolute atomic E-state index is 12.0. The highest BCUT2D eigenvalue weighted by atomic mass is 35.5. The Balaban J connectivity index is 2.26. The molecule has 0 aromatic heterocycles. The lowest BCUT2D eigenvalue weighted by Crippen LogP contribution is -2.25. The fourth-order valence-corrected chi connectivity index (χ4v) is 3.06. The van der Waals surface area contributed by atoms with Crippen LogP contribution in [0, 0.1) is 0 Å². The van der Waals surface area contributed by atoms with Crippen LogP contribution < -0.4 is 0 Å². The first-order chi connectivity index (χ1) is 9.29. The van der Waals surface area contributed by atoms with Crippen LogP contribution in [0.4, 0.5) is 0 Å². The summed E-state index contributed by atoms with van der Waals surface area (Å²) >= 11 is 5.75. The minimum Gasteiger partial charge on any atom is -0.343 e. The lowest BCUT2D eigenvalue weighted by Gasteiger charge is -2.24. The molecule has 112 valence electrons. The molecule has 1 aliphatic heterocycles. The molecule has 5 nitrogen and oxygen atoms in total. The number of alkyl halides is 1. The van der Waals surface area contributed by atoms with Crippen molar-refractivity contribution in [2.24, 2.45) is 0 Å². The van der Waals surface area contributed by atoms with Crippen LogP contribution in [-0.2, 0) is 25.3 Å². The van der Waals surface area contributed by atoms with Crippen LogP contribution in [0.1, 0.15) is 12.5 Å². The number of hydrogen-bond donors (Lipinski definition) is 0. The smallest absolute Gasteiger partial charge is 0.242 e. The topological polar surface area (TPSA) is 55.8 Å². The molecule has 2 rings (SSSR count). The van der Waals surface area contributed by atoms with Crippen LogP contribution in [0.25, 0.3) is 0 Å². The third kappa shape index (κ3) is 2.84. The van der Waals surface area contributed by atoms with Crippen molar-refractivity contribution >= 4 is 21.6 Å². The first-order valence-electron chi connectivity index (χ1n) is 6.20. The second-order valence-electron chi connectivity index (χ2n) is 4.96. The van der Waals surface area contributed by atoms with Crippen LogP contribution in [-0.4, -0.2) is 45.4 Å². The zero-order chi connectivity index (χ0) is 15.0. The van der Waals surface area contributed by atoms with E-state index in [2.05, 4.69) is 0 Å². The van der Waals surface area contributed by atoms with Gasteiger partial charge in [-0.3, -0.25) is 0 Å². The molecular weight excluding hydrogens is 302 g/mol. The maximum Gasteiger partial charge on any atom is 0.242 e. The molecule has 0 amide bonds. The molecule has 20 heavy (non-hydrogen) atoms. The summed E-state index contributed by atoms with van der Waals surface area (Å²) in [7, 11) is -0.424. The van der Waals surface area contributed by atoms with E-state index >= 15 is 0 Å². The van der Waals surface area contributed by atoms with Gasteiger partial charge < -0.3 is 9.47 Å². The third-order valence-corrected chi connectivity index (χ3v) is 5.44. The largest absolute Gasteiger partial charge is 0.343 e. The summed E-state index contributed by atoms with van der Waals surface area (Å²) in [5.74, 6) is -0.511. The molecule has 2 unspecified atom stereocenters. The van der Waals surface area contributed by atoms with E-state index in [9.17, 15) is 8.42 Å². The molecule has 1 heterocycles. The first kappa shape index (κ1) is 15.7. The van der Waals surface area contributed by atoms with Crippen LogP contribution in [0.3, 0.4) is 0 Å². The van der Waals surface area contributed by atoms with Crippen LogP contribution in [0.5, 0.6) is 0 Å². The van der Waals surface area contributed by atoms with Gasteiger partial charge in [-0.25, -0.2) is 12.7 Å². The van der Waals surface area contributed by atoms with Gasteiger partial charge in [0.1, 0.15) is 0 Å². The average Bonchev–Trinajstić information content (AvgIpc) is 2.82. The Kier molecular flexibility index (Phi) is 4.41. The average molecular weight is 320 g/mol. The summed E-state index contributed by atoms with van der Waals surface area (Å²) in [6, 6.07) is 6.51. The van der Waals surface area contributed by atoms with E-state index < -0.39 is 15.8 Å². The van der Waals surface area contributed by atoms with Gasteiger partial charge in [-0.05, 0) is 19.1 Å². The van der Waals surface area contributed by atoms with Crippen molar-refractivity contribution in [2.45, 2.75) is 23.7 Å². The molecule has 1 aromatic rings. The predicted octanol–water partition coefficient (Wildman–Crippen LogP) is 1.76. The van der Waals surface area contributed by atoms with Gasteiger partial charge in [0.25, 0.3) is 0 Å². The van der Waals surface area contributed by atoms with Gasteiger partial charge in [0.2, 0.25) is 10.0 Å². The number of benzene rings is 1. The predicted molar refractivity (Wildman–Crippen MR) is 76.2 cm³/mol. The molecule has 0 N–H and O–H groups in total. The van der Waals surface area contributed by atoms with Crippen molar-refractivity contribution in [1.82, 2.24) is 4.31 Å². The highest BCUT2D eigenvalue weighted by Gasteiger charge is 2.38. The molecule has 0 bridgehead atoms. The molecule has 7 heteroatoms. The summed E-state index contributed by atoms with van der Waals surface area (Å²) in [4.78, 5) is 0.238. The quantitative estimate of drug-likeness (QED) is 0.794. The van der Waals surface area contributed by atoms with Gasteiger partial charge in [0.15, 0.2) is 5.79 Å². The monoisotopic (exact) mass is 319 g/mol. The molecule has 1 saturated heterocycles. The second kappa shape index (κ2) is 5.61.